The van der Waals surface area contributed by atoms with Crippen LogP contribution in [0.4, 0.5) is 0 Å². The van der Waals surface area contributed by atoms with Crippen molar-refractivity contribution in [1.29, 1.82) is 0 Å². The maximum absolute atomic E-state index is 6.24. The molecule has 0 spiro atoms. The SMILES string of the molecule is CCNC1CCC(C(C)C)CC1OCCC(C)(C)C. The molecule has 3 atom stereocenters. The molecule has 1 aliphatic carbocycles. The largest absolute Gasteiger partial charge is 0.377 e. The van der Waals surface area contributed by atoms with Gasteiger partial charge in [0.15, 0.2) is 0 Å². The molecular formula is C17H35NO. The summed E-state index contributed by atoms with van der Waals surface area (Å²) in [5.41, 5.74) is 0.375. The van der Waals surface area contributed by atoms with Crippen LogP contribution in [0, 0.1) is 17.3 Å². The van der Waals surface area contributed by atoms with Gasteiger partial charge in [0.05, 0.1) is 6.10 Å². The third kappa shape index (κ3) is 6.27. The van der Waals surface area contributed by atoms with Crippen molar-refractivity contribution in [2.45, 2.75) is 79.4 Å². The minimum atomic E-state index is 0.375. The van der Waals surface area contributed by atoms with Crippen LogP contribution in [0.25, 0.3) is 0 Å². The van der Waals surface area contributed by atoms with E-state index in [0.717, 1.165) is 31.4 Å². The van der Waals surface area contributed by atoms with Gasteiger partial charge in [-0.2, -0.15) is 0 Å². The van der Waals surface area contributed by atoms with Gasteiger partial charge in [0.2, 0.25) is 0 Å². The monoisotopic (exact) mass is 269 g/mol. The lowest BCUT2D eigenvalue weighted by atomic mass is 9.78. The van der Waals surface area contributed by atoms with Crippen LogP contribution in [0.15, 0.2) is 0 Å². The van der Waals surface area contributed by atoms with E-state index >= 15 is 0 Å². The minimum absolute atomic E-state index is 0.375. The van der Waals surface area contributed by atoms with Gasteiger partial charge in [0.1, 0.15) is 0 Å². The molecule has 1 aliphatic rings. The summed E-state index contributed by atoms with van der Waals surface area (Å²) >= 11 is 0. The zero-order chi connectivity index (χ0) is 14.5. The fraction of sp³-hybridized carbons (Fsp3) is 1.00. The van der Waals surface area contributed by atoms with Gasteiger partial charge >= 0.3 is 0 Å². The average molecular weight is 269 g/mol. The molecule has 2 nitrogen and oxygen atoms in total. The number of rotatable bonds is 6. The molecule has 0 aromatic rings. The average Bonchev–Trinajstić information content (AvgIpc) is 2.29. The van der Waals surface area contributed by atoms with Crippen molar-refractivity contribution in [3.8, 4) is 0 Å². The second kappa shape index (κ2) is 7.64. The number of likely N-dealkylation sites (N-methyl/N-ethyl adjacent to an activating group) is 1. The van der Waals surface area contributed by atoms with E-state index in [9.17, 15) is 0 Å². The first-order chi connectivity index (χ1) is 8.83. The topological polar surface area (TPSA) is 21.3 Å². The summed E-state index contributed by atoms with van der Waals surface area (Å²) in [5, 5.41) is 3.62. The minimum Gasteiger partial charge on any atom is -0.377 e. The Labute approximate surface area is 120 Å². The van der Waals surface area contributed by atoms with Gasteiger partial charge in [0.25, 0.3) is 0 Å². The Balaban J connectivity index is 2.47. The molecule has 0 radical (unpaired) electrons. The maximum atomic E-state index is 6.24. The van der Waals surface area contributed by atoms with Gasteiger partial charge in [-0.25, -0.2) is 0 Å². The Morgan fingerprint density at radius 3 is 2.42 bits per heavy atom. The van der Waals surface area contributed by atoms with Crippen LogP contribution in [0.1, 0.15) is 67.2 Å². The lowest BCUT2D eigenvalue weighted by molar-refractivity contribution is -0.0245. The first-order valence-electron chi connectivity index (χ1n) is 8.18. The molecule has 0 aliphatic heterocycles. The van der Waals surface area contributed by atoms with E-state index in [4.69, 9.17) is 4.74 Å². The molecule has 0 saturated heterocycles. The van der Waals surface area contributed by atoms with E-state index < -0.39 is 0 Å². The van der Waals surface area contributed by atoms with E-state index in [1.54, 1.807) is 0 Å². The zero-order valence-electron chi connectivity index (χ0n) is 14.0. The van der Waals surface area contributed by atoms with Crippen LogP contribution in [-0.4, -0.2) is 25.3 Å². The van der Waals surface area contributed by atoms with Crippen LogP contribution < -0.4 is 5.32 Å². The van der Waals surface area contributed by atoms with Crippen LogP contribution in [0.2, 0.25) is 0 Å². The predicted molar refractivity (Wildman–Crippen MR) is 83.5 cm³/mol. The highest BCUT2D eigenvalue weighted by Gasteiger charge is 2.32. The van der Waals surface area contributed by atoms with Crippen molar-refractivity contribution < 1.29 is 4.74 Å². The van der Waals surface area contributed by atoms with Gasteiger partial charge in [-0.3, -0.25) is 0 Å². The van der Waals surface area contributed by atoms with Crippen LogP contribution in [0.3, 0.4) is 0 Å². The summed E-state index contributed by atoms with van der Waals surface area (Å²) in [6.45, 7) is 15.7. The lowest BCUT2D eigenvalue weighted by Gasteiger charge is -2.38. The molecule has 0 heterocycles. The summed E-state index contributed by atoms with van der Waals surface area (Å²) in [4.78, 5) is 0. The first-order valence-corrected chi connectivity index (χ1v) is 8.18. The Morgan fingerprint density at radius 1 is 1.21 bits per heavy atom. The molecule has 1 saturated carbocycles. The number of hydrogen-bond donors (Lipinski definition) is 1. The number of ether oxygens (including phenoxy) is 1. The fourth-order valence-electron chi connectivity index (χ4n) is 2.96. The Kier molecular flexibility index (Phi) is 6.82. The summed E-state index contributed by atoms with van der Waals surface area (Å²) < 4.78 is 6.24. The Bertz CT molecular complexity index is 244. The zero-order valence-corrected chi connectivity index (χ0v) is 14.0. The predicted octanol–water partition coefficient (Wildman–Crippen LogP) is 4.24. The summed E-state index contributed by atoms with van der Waals surface area (Å²) in [6, 6.07) is 0.569. The van der Waals surface area contributed by atoms with Crippen molar-refractivity contribution in [3.05, 3.63) is 0 Å². The normalized spacial score (nSPS) is 28.9. The van der Waals surface area contributed by atoms with Crippen LogP contribution >= 0.6 is 0 Å². The van der Waals surface area contributed by atoms with Crippen molar-refractivity contribution in [2.75, 3.05) is 13.2 Å². The molecular weight excluding hydrogens is 234 g/mol. The summed E-state index contributed by atoms with van der Waals surface area (Å²) in [5.74, 6) is 1.63. The van der Waals surface area contributed by atoms with Gasteiger partial charge < -0.3 is 10.1 Å². The highest BCUT2D eigenvalue weighted by Crippen LogP contribution is 2.32. The molecule has 114 valence electrons. The van der Waals surface area contributed by atoms with E-state index in [1.165, 1.54) is 19.3 Å². The molecule has 0 bridgehead atoms. The van der Waals surface area contributed by atoms with Crippen molar-refractivity contribution in [3.63, 3.8) is 0 Å². The van der Waals surface area contributed by atoms with Gasteiger partial charge in [-0.15, -0.1) is 0 Å². The number of nitrogens with one attached hydrogen (secondary N) is 1. The van der Waals surface area contributed by atoms with E-state index in [2.05, 4.69) is 46.9 Å². The van der Waals surface area contributed by atoms with E-state index in [0.29, 0.717) is 17.6 Å². The van der Waals surface area contributed by atoms with Crippen LogP contribution in [0.5, 0.6) is 0 Å². The highest BCUT2D eigenvalue weighted by atomic mass is 16.5. The van der Waals surface area contributed by atoms with E-state index in [1.807, 2.05) is 0 Å². The quantitative estimate of drug-likeness (QED) is 0.778. The molecule has 2 heteroatoms. The van der Waals surface area contributed by atoms with E-state index in [-0.39, 0.29) is 0 Å². The van der Waals surface area contributed by atoms with Gasteiger partial charge in [-0.05, 0) is 49.5 Å². The third-order valence-corrected chi connectivity index (χ3v) is 4.43. The fourth-order valence-corrected chi connectivity index (χ4v) is 2.96. The summed E-state index contributed by atoms with van der Waals surface area (Å²) in [6.07, 6.45) is 5.43. The molecule has 1 fully saturated rings. The molecule has 3 unspecified atom stereocenters. The summed E-state index contributed by atoms with van der Waals surface area (Å²) in [7, 11) is 0. The molecule has 1 rings (SSSR count). The molecule has 1 N–H and O–H groups in total. The standard InChI is InChI=1S/C17H35NO/c1-7-18-15-9-8-14(13(2)3)12-16(15)19-11-10-17(4,5)6/h13-16,18H,7-12H2,1-6H3. The molecule has 0 aromatic heterocycles. The maximum Gasteiger partial charge on any atom is 0.0730 e. The van der Waals surface area contributed by atoms with Crippen molar-refractivity contribution in [2.24, 2.45) is 17.3 Å². The number of hydrogen-bond acceptors (Lipinski definition) is 2. The lowest BCUT2D eigenvalue weighted by Crippen LogP contribution is -2.46. The first kappa shape index (κ1) is 17.0. The molecule has 0 aromatic carbocycles. The van der Waals surface area contributed by atoms with Gasteiger partial charge in [0, 0.05) is 12.6 Å². The van der Waals surface area contributed by atoms with Crippen LogP contribution in [-0.2, 0) is 4.74 Å². The third-order valence-electron chi connectivity index (χ3n) is 4.43. The van der Waals surface area contributed by atoms with Crippen molar-refractivity contribution >= 4 is 0 Å². The Hall–Kier alpha value is -0.0800. The smallest absolute Gasteiger partial charge is 0.0730 e. The Morgan fingerprint density at radius 2 is 1.89 bits per heavy atom. The second-order valence-electron chi connectivity index (χ2n) is 7.70. The van der Waals surface area contributed by atoms with Crippen molar-refractivity contribution in [1.82, 2.24) is 5.32 Å². The molecule has 0 amide bonds. The highest BCUT2D eigenvalue weighted by molar-refractivity contribution is 4.86. The molecule has 19 heavy (non-hydrogen) atoms. The second-order valence-corrected chi connectivity index (χ2v) is 7.70. The van der Waals surface area contributed by atoms with Gasteiger partial charge in [-0.1, -0.05) is 41.5 Å².